The molecule has 2 heterocycles. The lowest BCUT2D eigenvalue weighted by Crippen LogP contribution is -1.90. The van der Waals surface area contributed by atoms with E-state index in [1.54, 1.807) is 17.1 Å². The third-order valence-electron chi connectivity index (χ3n) is 1.42. The highest BCUT2D eigenvalue weighted by molar-refractivity contribution is 9.10. The summed E-state index contributed by atoms with van der Waals surface area (Å²) in [5, 5.41) is 4.10. The topological polar surface area (TPSA) is 43.6 Å². The Hall–Kier alpha value is -0.970. The van der Waals surface area contributed by atoms with Crippen LogP contribution < -0.4 is 0 Å². The molecule has 2 aromatic heterocycles. The van der Waals surface area contributed by atoms with Gasteiger partial charge < -0.3 is 0 Å². The maximum Gasteiger partial charge on any atom is 0.177 e. The lowest BCUT2D eigenvalue weighted by Gasteiger charge is -1.88. The fraction of sp³-hybridized carbons (Fsp3) is 0.167. The zero-order chi connectivity index (χ0) is 7.84. The van der Waals surface area contributed by atoms with Crippen molar-refractivity contribution in [2.75, 3.05) is 0 Å². The van der Waals surface area contributed by atoms with E-state index in [9.17, 15) is 0 Å². The van der Waals surface area contributed by atoms with Crippen LogP contribution in [0.5, 0.6) is 0 Å². The summed E-state index contributed by atoms with van der Waals surface area (Å²) in [5.74, 6) is 0. The summed E-state index contributed by atoms with van der Waals surface area (Å²) in [6.45, 7) is 0. The Kier molecular flexibility index (Phi) is 1.38. The summed E-state index contributed by atoms with van der Waals surface area (Å²) in [4.78, 5) is 8.22. The summed E-state index contributed by atoms with van der Waals surface area (Å²) < 4.78 is 2.43. The van der Waals surface area contributed by atoms with Crippen molar-refractivity contribution < 1.29 is 0 Å². The molecule has 0 aliphatic rings. The predicted octanol–water partition coefficient (Wildman–Crippen LogP) is 1.13. The molecule has 0 saturated heterocycles. The number of aromatic nitrogens is 4. The van der Waals surface area contributed by atoms with Crippen molar-refractivity contribution in [2.45, 2.75) is 0 Å². The van der Waals surface area contributed by atoms with E-state index >= 15 is 0 Å². The van der Waals surface area contributed by atoms with Gasteiger partial charge in [-0.1, -0.05) is 0 Å². The number of nitrogens with zero attached hydrogens (tertiary/aromatic N) is 4. The monoisotopic (exact) mass is 212 g/mol. The fourth-order valence-corrected chi connectivity index (χ4v) is 1.46. The molecule has 0 spiro atoms. The van der Waals surface area contributed by atoms with Crippen LogP contribution in [0.25, 0.3) is 11.2 Å². The van der Waals surface area contributed by atoms with Crippen molar-refractivity contribution in [1.82, 2.24) is 19.7 Å². The Balaban J connectivity index is 2.95. The summed E-state index contributed by atoms with van der Waals surface area (Å²) >= 11 is 3.28. The van der Waals surface area contributed by atoms with Crippen LogP contribution >= 0.6 is 15.9 Å². The third-order valence-corrected chi connectivity index (χ3v) is 1.95. The van der Waals surface area contributed by atoms with Crippen LogP contribution in [0.2, 0.25) is 0 Å². The second kappa shape index (κ2) is 2.27. The van der Waals surface area contributed by atoms with Gasteiger partial charge in [0.25, 0.3) is 0 Å². The quantitative estimate of drug-likeness (QED) is 0.658. The summed E-state index contributed by atoms with van der Waals surface area (Å²) in [6.07, 6.45) is 3.30. The summed E-state index contributed by atoms with van der Waals surface area (Å²) in [6, 6.07) is 0. The highest BCUT2D eigenvalue weighted by atomic mass is 79.9. The first-order valence-corrected chi connectivity index (χ1v) is 3.87. The van der Waals surface area contributed by atoms with Gasteiger partial charge in [-0.3, -0.25) is 0 Å². The first kappa shape index (κ1) is 6.72. The molecule has 0 aliphatic carbocycles. The number of fused-ring (bicyclic) bond motifs is 1. The number of rotatable bonds is 0. The minimum absolute atomic E-state index is 0.739. The SMILES string of the molecule is Cn1nc(Br)c2nccnc21. The zero-order valence-electron chi connectivity index (χ0n) is 5.82. The Bertz CT molecular complexity index is 358. The molecule has 0 radical (unpaired) electrons. The van der Waals surface area contributed by atoms with Crippen molar-refractivity contribution >= 4 is 27.1 Å². The van der Waals surface area contributed by atoms with E-state index in [2.05, 4.69) is 31.0 Å². The van der Waals surface area contributed by atoms with Gasteiger partial charge in [0.05, 0.1) is 0 Å². The van der Waals surface area contributed by atoms with E-state index < -0.39 is 0 Å². The van der Waals surface area contributed by atoms with Crippen molar-refractivity contribution in [3.8, 4) is 0 Å². The second-order valence-electron chi connectivity index (χ2n) is 2.14. The van der Waals surface area contributed by atoms with Gasteiger partial charge >= 0.3 is 0 Å². The van der Waals surface area contributed by atoms with E-state index in [-0.39, 0.29) is 0 Å². The first-order valence-electron chi connectivity index (χ1n) is 3.08. The Morgan fingerprint density at radius 2 is 2.09 bits per heavy atom. The molecule has 4 nitrogen and oxygen atoms in total. The molecule has 2 aromatic rings. The van der Waals surface area contributed by atoms with Crippen molar-refractivity contribution in [1.29, 1.82) is 0 Å². The van der Waals surface area contributed by atoms with E-state index in [1.165, 1.54) is 0 Å². The number of aryl methyl sites for hydroxylation is 1. The van der Waals surface area contributed by atoms with Gasteiger partial charge in [0.15, 0.2) is 10.3 Å². The smallest absolute Gasteiger partial charge is 0.177 e. The van der Waals surface area contributed by atoms with Gasteiger partial charge in [0.2, 0.25) is 0 Å². The van der Waals surface area contributed by atoms with E-state index in [1.807, 2.05) is 7.05 Å². The largest absolute Gasteiger partial charge is 0.248 e. The van der Waals surface area contributed by atoms with Crippen LogP contribution in [-0.2, 0) is 7.05 Å². The van der Waals surface area contributed by atoms with Crippen LogP contribution in [-0.4, -0.2) is 19.7 Å². The van der Waals surface area contributed by atoms with E-state index in [0.717, 1.165) is 15.8 Å². The van der Waals surface area contributed by atoms with E-state index in [4.69, 9.17) is 0 Å². The van der Waals surface area contributed by atoms with Crippen LogP contribution in [0.3, 0.4) is 0 Å². The van der Waals surface area contributed by atoms with Crippen LogP contribution in [0.15, 0.2) is 17.0 Å². The van der Waals surface area contributed by atoms with Crippen molar-refractivity contribution in [3.63, 3.8) is 0 Å². The lowest BCUT2D eigenvalue weighted by molar-refractivity contribution is 0.778. The third kappa shape index (κ3) is 0.920. The normalized spacial score (nSPS) is 10.7. The summed E-state index contributed by atoms with van der Waals surface area (Å²) in [7, 11) is 1.84. The Morgan fingerprint density at radius 1 is 1.36 bits per heavy atom. The van der Waals surface area contributed by atoms with Gasteiger partial charge in [0.1, 0.15) is 5.52 Å². The minimum Gasteiger partial charge on any atom is -0.248 e. The van der Waals surface area contributed by atoms with Crippen LogP contribution in [0.4, 0.5) is 0 Å². The van der Waals surface area contributed by atoms with Gasteiger partial charge in [0, 0.05) is 19.4 Å². The summed E-state index contributed by atoms with van der Waals surface area (Å²) in [5.41, 5.74) is 1.59. The van der Waals surface area contributed by atoms with Crippen molar-refractivity contribution in [3.05, 3.63) is 17.0 Å². The molecule has 2 rings (SSSR count). The molecule has 5 heteroatoms. The molecule has 56 valence electrons. The Labute approximate surface area is 71.4 Å². The molecule has 0 aromatic carbocycles. The average Bonchev–Trinajstić information content (AvgIpc) is 2.30. The number of hydrogen-bond acceptors (Lipinski definition) is 3. The lowest BCUT2D eigenvalue weighted by atomic mass is 10.5. The van der Waals surface area contributed by atoms with Gasteiger partial charge in [-0.25, -0.2) is 14.6 Å². The molecule has 0 N–H and O–H groups in total. The highest BCUT2D eigenvalue weighted by Crippen LogP contribution is 2.16. The molecule has 0 fully saturated rings. The van der Waals surface area contributed by atoms with Crippen molar-refractivity contribution in [2.24, 2.45) is 7.05 Å². The van der Waals surface area contributed by atoms with Crippen LogP contribution in [0.1, 0.15) is 0 Å². The molecule has 0 bridgehead atoms. The molecule has 0 amide bonds. The minimum atomic E-state index is 0.739. The predicted molar refractivity (Wildman–Crippen MR) is 44.0 cm³/mol. The number of halogens is 1. The maximum absolute atomic E-state index is 4.11. The number of hydrogen-bond donors (Lipinski definition) is 0. The second-order valence-corrected chi connectivity index (χ2v) is 2.89. The van der Waals surface area contributed by atoms with Gasteiger partial charge in [-0.05, 0) is 15.9 Å². The molecular formula is C6H5BrN4. The molecule has 0 unspecified atom stereocenters. The first-order chi connectivity index (χ1) is 5.29. The zero-order valence-corrected chi connectivity index (χ0v) is 7.41. The van der Waals surface area contributed by atoms with Gasteiger partial charge in [-0.2, -0.15) is 5.10 Å². The standard InChI is InChI=1S/C6H5BrN4/c1-11-6-4(5(7)10-11)8-2-3-9-6/h2-3H,1H3. The maximum atomic E-state index is 4.11. The fourth-order valence-electron chi connectivity index (χ4n) is 0.939. The average molecular weight is 213 g/mol. The molecular weight excluding hydrogens is 208 g/mol. The van der Waals surface area contributed by atoms with E-state index in [0.29, 0.717) is 0 Å². The highest BCUT2D eigenvalue weighted by Gasteiger charge is 2.05. The van der Waals surface area contributed by atoms with Gasteiger partial charge in [-0.15, -0.1) is 0 Å². The molecule has 11 heavy (non-hydrogen) atoms. The Morgan fingerprint density at radius 3 is 2.82 bits per heavy atom. The molecule has 0 atom stereocenters. The molecule has 0 saturated carbocycles. The molecule has 0 aliphatic heterocycles. The van der Waals surface area contributed by atoms with Crippen LogP contribution in [0, 0.1) is 0 Å².